The van der Waals surface area contributed by atoms with Crippen LogP contribution in [0.1, 0.15) is 53.9 Å². The van der Waals surface area contributed by atoms with Crippen LogP contribution in [0, 0.1) is 5.92 Å². The first-order chi connectivity index (χ1) is 9.13. The maximum absolute atomic E-state index is 5.78. The second-order valence-electron chi connectivity index (χ2n) is 6.16. The topological polar surface area (TPSA) is 24.5 Å². The Labute approximate surface area is 120 Å². The van der Waals surface area contributed by atoms with E-state index in [1.165, 1.54) is 19.4 Å². The second-order valence-corrected chi connectivity index (χ2v) is 6.16. The molecule has 3 heteroatoms. The minimum absolute atomic E-state index is 0.543. The van der Waals surface area contributed by atoms with Gasteiger partial charge < -0.3 is 10.1 Å². The Bertz CT molecular complexity index is 227. The van der Waals surface area contributed by atoms with Gasteiger partial charge >= 0.3 is 0 Å². The van der Waals surface area contributed by atoms with Gasteiger partial charge in [0.25, 0.3) is 0 Å². The Morgan fingerprint density at radius 2 is 1.89 bits per heavy atom. The van der Waals surface area contributed by atoms with Gasteiger partial charge in [0.1, 0.15) is 0 Å². The SMILES string of the molecule is CCNC1CCOCC1N(CC(C)C)C(CC)CC. The Balaban J connectivity index is 2.79. The van der Waals surface area contributed by atoms with E-state index in [9.17, 15) is 0 Å². The highest BCUT2D eigenvalue weighted by atomic mass is 16.5. The highest BCUT2D eigenvalue weighted by molar-refractivity contribution is 4.90. The molecule has 2 unspecified atom stereocenters. The predicted octanol–water partition coefficient (Wildman–Crippen LogP) is 2.90. The minimum Gasteiger partial charge on any atom is -0.380 e. The van der Waals surface area contributed by atoms with Crippen LogP contribution in [0.2, 0.25) is 0 Å². The summed E-state index contributed by atoms with van der Waals surface area (Å²) in [6.07, 6.45) is 3.62. The lowest BCUT2D eigenvalue weighted by Gasteiger charge is -2.44. The molecule has 2 atom stereocenters. The summed E-state index contributed by atoms with van der Waals surface area (Å²) < 4.78 is 5.78. The normalized spacial score (nSPS) is 24.6. The molecule has 0 aliphatic carbocycles. The fraction of sp³-hybridized carbons (Fsp3) is 1.00. The average Bonchev–Trinajstić information content (AvgIpc) is 2.39. The molecule has 0 aromatic carbocycles. The number of likely N-dealkylation sites (N-methyl/N-ethyl adjacent to an activating group) is 1. The van der Waals surface area contributed by atoms with Crippen LogP contribution >= 0.6 is 0 Å². The van der Waals surface area contributed by atoms with Crippen LogP contribution in [0.4, 0.5) is 0 Å². The monoisotopic (exact) mass is 270 g/mol. The standard InChI is InChI=1S/C16H34N2O/c1-6-14(7-2)18(11-13(4)5)16-12-19-10-9-15(16)17-8-3/h13-17H,6-12H2,1-5H3. The van der Waals surface area contributed by atoms with Crippen molar-refractivity contribution < 1.29 is 4.74 Å². The van der Waals surface area contributed by atoms with E-state index in [2.05, 4.69) is 44.8 Å². The van der Waals surface area contributed by atoms with Gasteiger partial charge in [-0.2, -0.15) is 0 Å². The van der Waals surface area contributed by atoms with E-state index in [0.717, 1.165) is 26.2 Å². The maximum atomic E-state index is 5.78. The van der Waals surface area contributed by atoms with E-state index in [0.29, 0.717) is 24.0 Å². The molecule has 1 aliphatic heterocycles. The molecule has 1 fully saturated rings. The van der Waals surface area contributed by atoms with Crippen molar-refractivity contribution in [3.8, 4) is 0 Å². The van der Waals surface area contributed by atoms with E-state index in [1.807, 2.05) is 0 Å². The number of ether oxygens (including phenoxy) is 1. The van der Waals surface area contributed by atoms with Gasteiger partial charge in [-0.1, -0.05) is 34.6 Å². The molecule has 1 aliphatic rings. The second kappa shape index (κ2) is 8.93. The molecule has 114 valence electrons. The summed E-state index contributed by atoms with van der Waals surface area (Å²) in [6, 6.07) is 1.83. The lowest BCUT2D eigenvalue weighted by atomic mass is 9.96. The molecule has 19 heavy (non-hydrogen) atoms. The lowest BCUT2D eigenvalue weighted by Crippen LogP contribution is -2.58. The summed E-state index contributed by atoms with van der Waals surface area (Å²) in [5.41, 5.74) is 0. The molecule has 3 nitrogen and oxygen atoms in total. The van der Waals surface area contributed by atoms with Crippen LogP contribution in [0.25, 0.3) is 0 Å². The van der Waals surface area contributed by atoms with Gasteiger partial charge in [-0.05, 0) is 31.7 Å². The van der Waals surface area contributed by atoms with Crippen molar-refractivity contribution in [3.63, 3.8) is 0 Å². The van der Waals surface area contributed by atoms with Crippen LogP contribution in [0.15, 0.2) is 0 Å². The quantitative estimate of drug-likeness (QED) is 0.734. The van der Waals surface area contributed by atoms with Crippen molar-refractivity contribution >= 4 is 0 Å². The van der Waals surface area contributed by atoms with Crippen molar-refractivity contribution in [2.24, 2.45) is 5.92 Å². The molecule has 1 rings (SSSR count). The number of nitrogens with zero attached hydrogens (tertiary/aromatic N) is 1. The molecular formula is C16H34N2O. The molecule has 1 saturated heterocycles. The number of nitrogens with one attached hydrogen (secondary N) is 1. The Morgan fingerprint density at radius 3 is 2.42 bits per heavy atom. The molecule has 1 N–H and O–H groups in total. The zero-order valence-corrected chi connectivity index (χ0v) is 13.6. The van der Waals surface area contributed by atoms with Crippen molar-refractivity contribution in [2.45, 2.75) is 72.0 Å². The molecule has 0 amide bonds. The molecule has 0 spiro atoms. The Morgan fingerprint density at radius 1 is 1.21 bits per heavy atom. The van der Waals surface area contributed by atoms with E-state index >= 15 is 0 Å². The Kier molecular flexibility index (Phi) is 7.96. The number of rotatable bonds is 8. The Hall–Kier alpha value is -0.120. The van der Waals surface area contributed by atoms with Gasteiger partial charge in [0.2, 0.25) is 0 Å². The first-order valence-electron chi connectivity index (χ1n) is 8.20. The fourth-order valence-electron chi connectivity index (χ4n) is 3.28. The van der Waals surface area contributed by atoms with Gasteiger partial charge in [-0.15, -0.1) is 0 Å². The third-order valence-electron chi connectivity index (χ3n) is 4.21. The van der Waals surface area contributed by atoms with E-state index in [4.69, 9.17) is 4.74 Å². The number of hydrogen-bond acceptors (Lipinski definition) is 3. The van der Waals surface area contributed by atoms with Crippen molar-refractivity contribution in [1.29, 1.82) is 0 Å². The van der Waals surface area contributed by atoms with Gasteiger partial charge in [0.05, 0.1) is 6.61 Å². The molecule has 0 aromatic rings. The summed E-state index contributed by atoms with van der Waals surface area (Å²) >= 11 is 0. The van der Waals surface area contributed by atoms with Crippen molar-refractivity contribution in [2.75, 3.05) is 26.3 Å². The average molecular weight is 270 g/mol. The summed E-state index contributed by atoms with van der Waals surface area (Å²) in [6.45, 7) is 15.5. The van der Waals surface area contributed by atoms with E-state index in [1.54, 1.807) is 0 Å². The first kappa shape index (κ1) is 16.9. The summed E-state index contributed by atoms with van der Waals surface area (Å²) in [5, 5.41) is 3.67. The zero-order chi connectivity index (χ0) is 14.3. The van der Waals surface area contributed by atoms with Crippen molar-refractivity contribution in [3.05, 3.63) is 0 Å². The summed E-state index contributed by atoms with van der Waals surface area (Å²) in [7, 11) is 0. The number of hydrogen-bond donors (Lipinski definition) is 1. The van der Waals surface area contributed by atoms with Crippen LogP contribution in [-0.4, -0.2) is 49.3 Å². The molecular weight excluding hydrogens is 236 g/mol. The van der Waals surface area contributed by atoms with E-state index in [-0.39, 0.29) is 0 Å². The predicted molar refractivity (Wildman–Crippen MR) is 82.6 cm³/mol. The van der Waals surface area contributed by atoms with Crippen molar-refractivity contribution in [1.82, 2.24) is 10.2 Å². The minimum atomic E-state index is 0.543. The van der Waals surface area contributed by atoms with Gasteiger partial charge in [-0.3, -0.25) is 4.90 Å². The van der Waals surface area contributed by atoms with Gasteiger partial charge in [-0.25, -0.2) is 0 Å². The third-order valence-corrected chi connectivity index (χ3v) is 4.21. The first-order valence-corrected chi connectivity index (χ1v) is 8.20. The van der Waals surface area contributed by atoms with Crippen LogP contribution in [0.5, 0.6) is 0 Å². The largest absolute Gasteiger partial charge is 0.380 e. The van der Waals surface area contributed by atoms with Gasteiger partial charge in [0.15, 0.2) is 0 Å². The molecule has 0 radical (unpaired) electrons. The highest BCUT2D eigenvalue weighted by Crippen LogP contribution is 2.21. The molecule has 0 aromatic heterocycles. The summed E-state index contributed by atoms with van der Waals surface area (Å²) in [5.74, 6) is 0.713. The zero-order valence-electron chi connectivity index (χ0n) is 13.6. The lowest BCUT2D eigenvalue weighted by molar-refractivity contribution is -0.0253. The molecule has 0 bridgehead atoms. The maximum Gasteiger partial charge on any atom is 0.0637 e. The summed E-state index contributed by atoms with van der Waals surface area (Å²) in [4.78, 5) is 2.72. The smallest absolute Gasteiger partial charge is 0.0637 e. The van der Waals surface area contributed by atoms with Gasteiger partial charge in [0, 0.05) is 31.3 Å². The third kappa shape index (κ3) is 5.05. The highest BCUT2D eigenvalue weighted by Gasteiger charge is 2.33. The van der Waals surface area contributed by atoms with E-state index < -0.39 is 0 Å². The fourth-order valence-corrected chi connectivity index (χ4v) is 3.28. The van der Waals surface area contributed by atoms with Crippen LogP contribution in [0.3, 0.4) is 0 Å². The molecule has 0 saturated carbocycles. The van der Waals surface area contributed by atoms with Crippen LogP contribution < -0.4 is 5.32 Å². The van der Waals surface area contributed by atoms with Crippen LogP contribution in [-0.2, 0) is 4.74 Å². The molecule has 1 heterocycles.